The molecule has 28 heavy (non-hydrogen) atoms. The Bertz CT molecular complexity index is 1020. The maximum Gasteiger partial charge on any atom is 0.291 e. The summed E-state index contributed by atoms with van der Waals surface area (Å²) >= 11 is 1.30. The zero-order valence-electron chi connectivity index (χ0n) is 15.7. The fourth-order valence-corrected chi connectivity index (χ4v) is 3.70. The van der Waals surface area contributed by atoms with Gasteiger partial charge in [-0.25, -0.2) is 0 Å². The van der Waals surface area contributed by atoms with Crippen LogP contribution in [-0.2, 0) is 6.61 Å². The quantitative estimate of drug-likeness (QED) is 0.626. The number of nitrogens with two attached hydrogens (primary N) is 1. The predicted molar refractivity (Wildman–Crippen MR) is 106 cm³/mol. The number of anilines is 1. The first kappa shape index (κ1) is 19.5. The number of ether oxygens (including phenoxy) is 2. The van der Waals surface area contributed by atoms with Crippen LogP contribution in [0.2, 0.25) is 0 Å². The molecule has 3 N–H and O–H groups in total. The molecule has 3 aromatic rings. The summed E-state index contributed by atoms with van der Waals surface area (Å²) in [5, 5.41) is 3.11. The zero-order valence-corrected chi connectivity index (χ0v) is 16.5. The number of nitrogens with one attached hydrogen (secondary N) is 1. The fraction of sp³-hybridized carbons (Fsp3) is 0.200. The molecule has 2 aromatic heterocycles. The van der Waals surface area contributed by atoms with Crippen molar-refractivity contribution in [2.75, 3.05) is 12.4 Å². The van der Waals surface area contributed by atoms with Gasteiger partial charge in [0, 0.05) is 4.88 Å². The molecule has 0 saturated heterocycles. The van der Waals surface area contributed by atoms with Crippen molar-refractivity contribution >= 4 is 28.2 Å². The minimum absolute atomic E-state index is 0.109. The number of carbonyl (C=O) groups excluding carboxylic acids is 2. The summed E-state index contributed by atoms with van der Waals surface area (Å²) in [6.45, 7) is 3.79. The first-order chi connectivity index (χ1) is 13.4. The molecule has 0 aliphatic carbocycles. The van der Waals surface area contributed by atoms with E-state index in [1.807, 2.05) is 19.1 Å². The molecule has 2 amide bonds. The molecule has 0 bridgehead atoms. The highest BCUT2D eigenvalue weighted by molar-refractivity contribution is 7.16. The topological polar surface area (TPSA) is 104 Å². The van der Waals surface area contributed by atoms with Gasteiger partial charge >= 0.3 is 0 Å². The molecule has 146 valence electrons. The van der Waals surface area contributed by atoms with Gasteiger partial charge in [0.15, 0.2) is 17.3 Å². The van der Waals surface area contributed by atoms with Gasteiger partial charge in [-0.05, 0) is 43.7 Å². The molecule has 0 spiro atoms. The summed E-state index contributed by atoms with van der Waals surface area (Å²) in [7, 11) is 1.56. The molecule has 2 heterocycles. The Kier molecular flexibility index (Phi) is 5.70. The van der Waals surface area contributed by atoms with E-state index in [2.05, 4.69) is 5.32 Å². The Balaban J connectivity index is 1.69. The van der Waals surface area contributed by atoms with E-state index in [9.17, 15) is 9.59 Å². The number of primary amides is 1. The summed E-state index contributed by atoms with van der Waals surface area (Å²) in [6, 6.07) is 10.5. The summed E-state index contributed by atoms with van der Waals surface area (Å²) in [6.07, 6.45) is 0. The summed E-state index contributed by atoms with van der Waals surface area (Å²) < 4.78 is 16.5. The largest absolute Gasteiger partial charge is 0.493 e. The third kappa shape index (κ3) is 4.01. The minimum atomic E-state index is -0.581. The van der Waals surface area contributed by atoms with Gasteiger partial charge < -0.3 is 24.9 Å². The summed E-state index contributed by atoms with van der Waals surface area (Å²) in [5.41, 5.74) is 6.52. The average molecular weight is 400 g/mol. The number of para-hydroxylation sites is 2. The third-order valence-corrected chi connectivity index (χ3v) is 5.31. The molecule has 1 aromatic carbocycles. The number of hydrogen-bond acceptors (Lipinski definition) is 6. The Hall–Kier alpha value is -3.26. The van der Waals surface area contributed by atoms with Gasteiger partial charge in [0.25, 0.3) is 11.8 Å². The van der Waals surface area contributed by atoms with E-state index in [1.165, 1.54) is 11.3 Å². The molecular formula is C20H20N2O5S. The lowest BCUT2D eigenvalue weighted by molar-refractivity contribution is 0.0993. The molecule has 0 unspecified atom stereocenters. The van der Waals surface area contributed by atoms with Crippen molar-refractivity contribution < 1.29 is 23.5 Å². The first-order valence-electron chi connectivity index (χ1n) is 8.46. The number of thiophene rings is 1. The number of benzene rings is 1. The van der Waals surface area contributed by atoms with Crippen molar-refractivity contribution in [3.8, 4) is 11.5 Å². The van der Waals surface area contributed by atoms with Crippen LogP contribution >= 0.6 is 11.3 Å². The van der Waals surface area contributed by atoms with Crippen LogP contribution in [0.3, 0.4) is 0 Å². The maximum atomic E-state index is 12.5. The lowest BCUT2D eigenvalue weighted by Crippen LogP contribution is -2.17. The number of hydrogen-bond donors (Lipinski definition) is 2. The van der Waals surface area contributed by atoms with Gasteiger partial charge in [-0.3, -0.25) is 9.59 Å². The molecule has 0 fully saturated rings. The standard InChI is InChI=1S/C20H20N2O5S/c1-11-12(2)28-20(17(11)18(21)23)22-19(24)16-9-8-13(27-16)10-26-15-7-5-4-6-14(15)25-3/h4-9H,10H2,1-3H3,(H2,21,23)(H,22,24). The number of carbonyl (C=O) groups is 2. The maximum absolute atomic E-state index is 12.5. The first-order valence-corrected chi connectivity index (χ1v) is 9.28. The molecule has 0 saturated carbocycles. The van der Waals surface area contributed by atoms with E-state index in [4.69, 9.17) is 19.6 Å². The van der Waals surface area contributed by atoms with Crippen LogP contribution in [0.5, 0.6) is 11.5 Å². The van der Waals surface area contributed by atoms with E-state index in [0.29, 0.717) is 27.8 Å². The van der Waals surface area contributed by atoms with Crippen molar-refractivity contribution in [2.24, 2.45) is 5.73 Å². The fourth-order valence-electron chi connectivity index (χ4n) is 2.64. The normalized spacial score (nSPS) is 10.5. The second-order valence-electron chi connectivity index (χ2n) is 6.01. The third-order valence-electron chi connectivity index (χ3n) is 4.18. The number of furan rings is 1. The minimum Gasteiger partial charge on any atom is -0.493 e. The van der Waals surface area contributed by atoms with Crippen molar-refractivity contribution in [2.45, 2.75) is 20.5 Å². The average Bonchev–Trinajstić information content (AvgIpc) is 3.25. The molecule has 8 heteroatoms. The molecule has 3 rings (SSSR count). The van der Waals surface area contributed by atoms with Crippen LogP contribution in [-0.4, -0.2) is 18.9 Å². The number of rotatable bonds is 7. The van der Waals surface area contributed by atoms with Crippen LogP contribution < -0.4 is 20.5 Å². The van der Waals surface area contributed by atoms with Crippen LogP contribution in [0.1, 0.15) is 37.1 Å². The molecule has 0 atom stereocenters. The number of amides is 2. The molecule has 0 aliphatic rings. The number of methoxy groups -OCH3 is 1. The van der Waals surface area contributed by atoms with Crippen LogP contribution in [0, 0.1) is 13.8 Å². The van der Waals surface area contributed by atoms with Crippen molar-refractivity contribution in [1.82, 2.24) is 0 Å². The van der Waals surface area contributed by atoms with Gasteiger partial charge in [-0.2, -0.15) is 0 Å². The SMILES string of the molecule is COc1ccccc1OCc1ccc(C(=O)Nc2sc(C)c(C)c2C(N)=O)o1. The van der Waals surface area contributed by atoms with Crippen molar-refractivity contribution in [3.05, 3.63) is 63.9 Å². The monoisotopic (exact) mass is 400 g/mol. The Morgan fingerprint density at radius 1 is 1.14 bits per heavy atom. The molecular weight excluding hydrogens is 380 g/mol. The van der Waals surface area contributed by atoms with Gasteiger partial charge in [0.1, 0.15) is 17.4 Å². The van der Waals surface area contributed by atoms with E-state index >= 15 is 0 Å². The lowest BCUT2D eigenvalue weighted by Gasteiger charge is -2.08. The van der Waals surface area contributed by atoms with E-state index in [1.54, 1.807) is 38.3 Å². The van der Waals surface area contributed by atoms with Crippen molar-refractivity contribution in [3.63, 3.8) is 0 Å². The van der Waals surface area contributed by atoms with Crippen LogP contribution in [0.15, 0.2) is 40.8 Å². The molecule has 0 radical (unpaired) electrons. The summed E-state index contributed by atoms with van der Waals surface area (Å²) in [5.74, 6) is 0.717. The van der Waals surface area contributed by atoms with Crippen LogP contribution in [0.25, 0.3) is 0 Å². The molecule has 0 aliphatic heterocycles. The van der Waals surface area contributed by atoms with Crippen molar-refractivity contribution in [1.29, 1.82) is 0 Å². The second-order valence-corrected chi connectivity index (χ2v) is 7.24. The van der Waals surface area contributed by atoms with Crippen LogP contribution in [0.4, 0.5) is 5.00 Å². The zero-order chi connectivity index (χ0) is 20.3. The predicted octanol–water partition coefficient (Wildman–Crippen LogP) is 3.90. The van der Waals surface area contributed by atoms with Gasteiger partial charge in [0.05, 0.1) is 12.7 Å². The smallest absolute Gasteiger partial charge is 0.291 e. The van der Waals surface area contributed by atoms with Gasteiger partial charge in [-0.1, -0.05) is 12.1 Å². The highest BCUT2D eigenvalue weighted by atomic mass is 32.1. The number of aryl methyl sites for hydroxylation is 1. The Morgan fingerprint density at radius 2 is 1.86 bits per heavy atom. The lowest BCUT2D eigenvalue weighted by atomic mass is 10.1. The molecule has 7 nitrogen and oxygen atoms in total. The van der Waals surface area contributed by atoms with E-state index in [-0.39, 0.29) is 12.4 Å². The highest BCUT2D eigenvalue weighted by Gasteiger charge is 2.21. The van der Waals surface area contributed by atoms with Gasteiger partial charge in [0.2, 0.25) is 0 Å². The van der Waals surface area contributed by atoms with Gasteiger partial charge in [-0.15, -0.1) is 11.3 Å². The van der Waals surface area contributed by atoms with E-state index in [0.717, 1.165) is 10.4 Å². The second kappa shape index (κ2) is 8.18. The highest BCUT2D eigenvalue weighted by Crippen LogP contribution is 2.32. The Labute approximate surface area is 166 Å². The summed E-state index contributed by atoms with van der Waals surface area (Å²) in [4.78, 5) is 25.1. The Morgan fingerprint density at radius 3 is 2.54 bits per heavy atom. The van der Waals surface area contributed by atoms with E-state index < -0.39 is 11.8 Å².